The van der Waals surface area contributed by atoms with Crippen LogP contribution in [0, 0.1) is 5.92 Å². The molecule has 0 aliphatic heterocycles. The van der Waals surface area contributed by atoms with E-state index in [1.165, 1.54) is 11.3 Å². The Bertz CT molecular complexity index is 324. The van der Waals surface area contributed by atoms with Crippen LogP contribution >= 0.6 is 22.9 Å². The quantitative estimate of drug-likeness (QED) is 0.829. The highest BCUT2D eigenvalue weighted by molar-refractivity contribution is 7.09. The number of hydrogen-bond acceptors (Lipinski definition) is 3. The predicted octanol–water partition coefficient (Wildman–Crippen LogP) is 2.37. The minimum atomic E-state index is -0.425. The molecule has 5 heteroatoms. The largest absolute Gasteiger partial charge is 0.344 e. The van der Waals surface area contributed by atoms with Gasteiger partial charge in [0.05, 0.1) is 5.54 Å². The average Bonchev–Trinajstić information content (AvgIpc) is 2.69. The summed E-state index contributed by atoms with van der Waals surface area (Å²) in [6.07, 6.45) is 1.74. The molecule has 0 saturated carbocycles. The Labute approximate surface area is 98.9 Å². The normalized spacial score (nSPS) is 13.6. The van der Waals surface area contributed by atoms with Crippen LogP contribution in [0.2, 0.25) is 0 Å². The molecule has 0 aliphatic carbocycles. The molecule has 1 amide bonds. The zero-order chi connectivity index (χ0) is 11.5. The van der Waals surface area contributed by atoms with E-state index in [1.807, 2.05) is 19.2 Å². The van der Waals surface area contributed by atoms with Gasteiger partial charge in [0, 0.05) is 23.4 Å². The van der Waals surface area contributed by atoms with Gasteiger partial charge in [-0.3, -0.25) is 4.79 Å². The SMILES string of the molecule is CC(CCl)C(=O)NC(C)(C)c1nccs1. The Morgan fingerprint density at radius 1 is 1.73 bits per heavy atom. The number of nitrogens with zero attached hydrogens (tertiary/aromatic N) is 1. The van der Waals surface area contributed by atoms with Gasteiger partial charge in [-0.1, -0.05) is 6.92 Å². The molecule has 1 rings (SSSR count). The average molecular weight is 247 g/mol. The monoisotopic (exact) mass is 246 g/mol. The molecule has 1 aromatic rings. The van der Waals surface area contributed by atoms with E-state index in [0.717, 1.165) is 5.01 Å². The van der Waals surface area contributed by atoms with Crippen LogP contribution in [0.3, 0.4) is 0 Å². The molecule has 3 nitrogen and oxygen atoms in total. The van der Waals surface area contributed by atoms with Gasteiger partial charge in [-0.25, -0.2) is 4.98 Å². The van der Waals surface area contributed by atoms with Gasteiger partial charge in [-0.2, -0.15) is 0 Å². The second-order valence-electron chi connectivity index (χ2n) is 4.01. The summed E-state index contributed by atoms with van der Waals surface area (Å²) < 4.78 is 0. The Kier molecular flexibility index (Phi) is 4.11. The second kappa shape index (κ2) is 4.94. The number of halogens is 1. The Morgan fingerprint density at radius 2 is 2.40 bits per heavy atom. The molecule has 0 radical (unpaired) electrons. The van der Waals surface area contributed by atoms with Crippen molar-refractivity contribution in [1.82, 2.24) is 10.3 Å². The van der Waals surface area contributed by atoms with Crippen LogP contribution < -0.4 is 5.32 Å². The van der Waals surface area contributed by atoms with Crippen LogP contribution in [0.25, 0.3) is 0 Å². The Balaban J connectivity index is 2.69. The number of rotatable bonds is 4. The van der Waals surface area contributed by atoms with Gasteiger partial charge in [0.25, 0.3) is 0 Å². The summed E-state index contributed by atoms with van der Waals surface area (Å²) in [7, 11) is 0. The molecule has 0 bridgehead atoms. The summed E-state index contributed by atoms with van der Waals surface area (Å²) in [6.45, 7) is 5.68. The van der Waals surface area contributed by atoms with Crippen molar-refractivity contribution in [2.75, 3.05) is 5.88 Å². The van der Waals surface area contributed by atoms with Crippen LogP contribution in [-0.2, 0) is 10.3 Å². The van der Waals surface area contributed by atoms with Crippen molar-refractivity contribution >= 4 is 28.8 Å². The first-order chi connectivity index (χ1) is 6.97. The topological polar surface area (TPSA) is 42.0 Å². The zero-order valence-electron chi connectivity index (χ0n) is 9.08. The molecule has 1 unspecified atom stereocenters. The number of alkyl halides is 1. The van der Waals surface area contributed by atoms with Gasteiger partial charge in [0.2, 0.25) is 5.91 Å². The lowest BCUT2D eigenvalue weighted by Gasteiger charge is -2.25. The maximum absolute atomic E-state index is 11.7. The molecule has 0 saturated heterocycles. The summed E-state index contributed by atoms with van der Waals surface area (Å²) in [5, 5.41) is 5.73. The molecular weight excluding hydrogens is 232 g/mol. The van der Waals surface area contributed by atoms with Gasteiger partial charge in [-0.05, 0) is 13.8 Å². The fraction of sp³-hybridized carbons (Fsp3) is 0.600. The van der Waals surface area contributed by atoms with Crippen LogP contribution in [-0.4, -0.2) is 16.8 Å². The number of carbonyl (C=O) groups is 1. The van der Waals surface area contributed by atoms with Gasteiger partial charge in [0.1, 0.15) is 5.01 Å². The lowest BCUT2D eigenvalue weighted by molar-refractivity contribution is -0.125. The lowest BCUT2D eigenvalue weighted by Crippen LogP contribution is -2.43. The molecule has 15 heavy (non-hydrogen) atoms. The van der Waals surface area contributed by atoms with Crippen LogP contribution in [0.1, 0.15) is 25.8 Å². The first-order valence-corrected chi connectivity index (χ1v) is 6.16. The first kappa shape index (κ1) is 12.5. The second-order valence-corrected chi connectivity index (χ2v) is 5.21. The number of nitrogens with one attached hydrogen (secondary N) is 1. The molecule has 0 aliphatic rings. The Hall–Kier alpha value is -0.610. The minimum Gasteiger partial charge on any atom is -0.344 e. The third-order valence-corrected chi connectivity index (χ3v) is 3.64. The van der Waals surface area contributed by atoms with Crippen molar-refractivity contribution in [3.8, 4) is 0 Å². The van der Waals surface area contributed by atoms with Crippen LogP contribution in [0.15, 0.2) is 11.6 Å². The van der Waals surface area contributed by atoms with E-state index in [4.69, 9.17) is 11.6 Å². The summed E-state index contributed by atoms with van der Waals surface area (Å²) in [5.41, 5.74) is -0.425. The Morgan fingerprint density at radius 3 is 2.87 bits per heavy atom. The fourth-order valence-corrected chi connectivity index (χ4v) is 1.94. The number of thiazole rings is 1. The van der Waals surface area contributed by atoms with Gasteiger partial charge < -0.3 is 5.32 Å². The van der Waals surface area contributed by atoms with Crippen molar-refractivity contribution in [2.24, 2.45) is 5.92 Å². The highest BCUT2D eigenvalue weighted by Gasteiger charge is 2.27. The number of hydrogen-bond donors (Lipinski definition) is 1. The summed E-state index contributed by atoms with van der Waals surface area (Å²) in [4.78, 5) is 15.9. The number of amides is 1. The molecule has 0 aromatic carbocycles. The van der Waals surface area contributed by atoms with Gasteiger partial charge >= 0.3 is 0 Å². The molecule has 0 spiro atoms. The fourth-order valence-electron chi connectivity index (χ4n) is 1.09. The minimum absolute atomic E-state index is 0.0369. The molecule has 1 aromatic heterocycles. The van der Waals surface area contributed by atoms with Crippen molar-refractivity contribution in [3.63, 3.8) is 0 Å². The molecule has 1 N–H and O–H groups in total. The van der Waals surface area contributed by atoms with Crippen molar-refractivity contribution in [3.05, 3.63) is 16.6 Å². The summed E-state index contributed by atoms with van der Waals surface area (Å²) in [6, 6.07) is 0. The van der Waals surface area contributed by atoms with E-state index in [0.29, 0.717) is 5.88 Å². The third kappa shape index (κ3) is 3.18. The number of carbonyl (C=O) groups excluding carboxylic acids is 1. The molecule has 0 fully saturated rings. The van der Waals surface area contributed by atoms with E-state index in [1.54, 1.807) is 13.1 Å². The van der Waals surface area contributed by atoms with Gasteiger partial charge in [0.15, 0.2) is 0 Å². The van der Waals surface area contributed by atoms with E-state index in [9.17, 15) is 4.79 Å². The zero-order valence-corrected chi connectivity index (χ0v) is 10.7. The van der Waals surface area contributed by atoms with Gasteiger partial charge in [-0.15, -0.1) is 22.9 Å². The van der Waals surface area contributed by atoms with Crippen LogP contribution in [0.4, 0.5) is 0 Å². The van der Waals surface area contributed by atoms with E-state index in [2.05, 4.69) is 10.3 Å². The standard InChI is InChI=1S/C10H15ClN2OS/c1-7(6-11)8(14)13-10(2,3)9-12-4-5-15-9/h4-5,7H,6H2,1-3H3,(H,13,14). The van der Waals surface area contributed by atoms with Crippen molar-refractivity contribution < 1.29 is 4.79 Å². The first-order valence-electron chi connectivity index (χ1n) is 4.75. The maximum atomic E-state index is 11.7. The smallest absolute Gasteiger partial charge is 0.224 e. The summed E-state index contributed by atoms with van der Waals surface area (Å²) >= 11 is 7.16. The molecule has 1 heterocycles. The maximum Gasteiger partial charge on any atom is 0.224 e. The highest BCUT2D eigenvalue weighted by atomic mass is 35.5. The third-order valence-electron chi connectivity index (χ3n) is 2.08. The molecular formula is C10H15ClN2OS. The molecule has 84 valence electrons. The van der Waals surface area contributed by atoms with E-state index < -0.39 is 5.54 Å². The molecule has 1 atom stereocenters. The van der Waals surface area contributed by atoms with E-state index in [-0.39, 0.29) is 11.8 Å². The summed E-state index contributed by atoms with van der Waals surface area (Å²) in [5.74, 6) is 0.121. The van der Waals surface area contributed by atoms with E-state index >= 15 is 0 Å². The highest BCUT2D eigenvalue weighted by Crippen LogP contribution is 2.22. The van der Waals surface area contributed by atoms with Crippen molar-refractivity contribution in [1.29, 1.82) is 0 Å². The van der Waals surface area contributed by atoms with Crippen molar-refractivity contribution in [2.45, 2.75) is 26.3 Å². The van der Waals surface area contributed by atoms with Crippen LogP contribution in [0.5, 0.6) is 0 Å². The number of aromatic nitrogens is 1. The predicted molar refractivity (Wildman–Crippen MR) is 63.2 cm³/mol. The lowest BCUT2D eigenvalue weighted by atomic mass is 10.1.